The van der Waals surface area contributed by atoms with Gasteiger partial charge < -0.3 is 4.42 Å². The number of thiophene rings is 1. The van der Waals surface area contributed by atoms with Crippen molar-refractivity contribution in [1.29, 1.82) is 0 Å². The zero-order valence-corrected chi connectivity index (χ0v) is 11.3. The summed E-state index contributed by atoms with van der Waals surface area (Å²) < 4.78 is 5.31. The number of rotatable bonds is 3. The fourth-order valence-corrected chi connectivity index (χ4v) is 2.27. The lowest BCUT2D eigenvalue weighted by Crippen LogP contribution is -2.19. The van der Waals surface area contributed by atoms with Crippen molar-refractivity contribution in [2.24, 2.45) is 5.10 Å². The maximum absolute atomic E-state index is 11.9. The quantitative estimate of drug-likeness (QED) is 0.682. The van der Waals surface area contributed by atoms with Crippen molar-refractivity contribution in [1.82, 2.24) is 5.43 Å². The zero-order valence-electron chi connectivity index (χ0n) is 10.5. The van der Waals surface area contributed by atoms with E-state index in [0.717, 1.165) is 16.3 Å². The van der Waals surface area contributed by atoms with Gasteiger partial charge >= 0.3 is 0 Å². The first kappa shape index (κ1) is 12.6. The Bertz CT molecular complexity index is 582. The van der Waals surface area contributed by atoms with Gasteiger partial charge in [-0.05, 0) is 38.3 Å². The lowest BCUT2D eigenvalue weighted by Gasteiger charge is -1.99. The van der Waals surface area contributed by atoms with Gasteiger partial charge in [-0.2, -0.15) is 5.10 Å². The topological polar surface area (TPSA) is 54.6 Å². The number of amides is 1. The van der Waals surface area contributed by atoms with Crippen LogP contribution in [0.5, 0.6) is 0 Å². The number of hydrogen-bond acceptors (Lipinski definition) is 4. The summed E-state index contributed by atoms with van der Waals surface area (Å²) in [5.74, 6) is 1.07. The maximum atomic E-state index is 11.9. The van der Waals surface area contributed by atoms with Crippen LogP contribution in [0.15, 0.2) is 33.1 Å². The van der Waals surface area contributed by atoms with Gasteiger partial charge in [-0.3, -0.25) is 4.79 Å². The van der Waals surface area contributed by atoms with E-state index in [4.69, 9.17) is 4.42 Å². The molecule has 2 aromatic heterocycles. The number of aryl methyl sites for hydroxylation is 2. The summed E-state index contributed by atoms with van der Waals surface area (Å²) in [7, 11) is 0. The molecule has 94 valence electrons. The first-order valence-electron chi connectivity index (χ1n) is 5.53. The number of hydrogen-bond donors (Lipinski definition) is 1. The molecule has 2 heterocycles. The van der Waals surface area contributed by atoms with Crippen LogP contribution in [0, 0.1) is 13.8 Å². The number of nitrogens with one attached hydrogen (secondary N) is 1. The Morgan fingerprint density at radius 2 is 2.22 bits per heavy atom. The number of carbonyl (C=O) groups is 1. The van der Waals surface area contributed by atoms with Gasteiger partial charge in [0.2, 0.25) is 0 Å². The lowest BCUT2D eigenvalue weighted by atomic mass is 10.2. The van der Waals surface area contributed by atoms with E-state index in [-0.39, 0.29) is 5.91 Å². The summed E-state index contributed by atoms with van der Waals surface area (Å²) in [6.45, 7) is 5.43. The minimum Gasteiger partial charge on any atom is -0.466 e. The Hall–Kier alpha value is -1.88. The van der Waals surface area contributed by atoms with Gasteiger partial charge in [-0.25, -0.2) is 5.43 Å². The second kappa shape index (κ2) is 5.18. The molecule has 0 fully saturated rings. The van der Waals surface area contributed by atoms with Crippen molar-refractivity contribution in [3.8, 4) is 0 Å². The van der Waals surface area contributed by atoms with Gasteiger partial charge in [0.25, 0.3) is 5.91 Å². The molecule has 1 amide bonds. The highest BCUT2D eigenvalue weighted by Gasteiger charge is 2.12. The minimum atomic E-state index is -0.250. The molecule has 0 aliphatic rings. The Balaban J connectivity index is 2.09. The molecule has 0 saturated carbocycles. The molecule has 0 unspecified atom stereocenters. The van der Waals surface area contributed by atoms with Crippen molar-refractivity contribution in [3.63, 3.8) is 0 Å². The minimum absolute atomic E-state index is 0.250. The second-order valence-corrected chi connectivity index (χ2v) is 4.89. The zero-order chi connectivity index (χ0) is 13.1. The SMILES string of the molecule is C/C(=N\NC(=O)c1cc(C)oc1C)c1cccs1. The Morgan fingerprint density at radius 1 is 1.44 bits per heavy atom. The highest BCUT2D eigenvalue weighted by molar-refractivity contribution is 7.12. The Labute approximate surface area is 109 Å². The molecule has 0 bridgehead atoms. The highest BCUT2D eigenvalue weighted by Crippen LogP contribution is 2.13. The molecule has 4 nitrogen and oxygen atoms in total. The summed E-state index contributed by atoms with van der Waals surface area (Å²) in [4.78, 5) is 12.9. The molecule has 1 N–H and O–H groups in total. The van der Waals surface area contributed by atoms with Crippen molar-refractivity contribution in [2.75, 3.05) is 0 Å². The van der Waals surface area contributed by atoms with Gasteiger partial charge in [0.05, 0.1) is 11.3 Å². The molecule has 18 heavy (non-hydrogen) atoms. The Kier molecular flexibility index (Phi) is 3.62. The van der Waals surface area contributed by atoms with Gasteiger partial charge in [-0.15, -0.1) is 11.3 Å². The summed E-state index contributed by atoms with van der Waals surface area (Å²) in [6.07, 6.45) is 0. The van der Waals surface area contributed by atoms with E-state index in [1.165, 1.54) is 0 Å². The first-order valence-corrected chi connectivity index (χ1v) is 6.41. The normalized spacial score (nSPS) is 11.6. The third-order valence-corrected chi connectivity index (χ3v) is 3.47. The van der Waals surface area contributed by atoms with Crippen molar-refractivity contribution in [3.05, 3.63) is 45.5 Å². The molecule has 0 radical (unpaired) electrons. The van der Waals surface area contributed by atoms with Crippen LogP contribution in [-0.2, 0) is 0 Å². The molecule has 0 atom stereocenters. The van der Waals surface area contributed by atoms with E-state index in [9.17, 15) is 4.79 Å². The van der Waals surface area contributed by atoms with Crippen molar-refractivity contribution < 1.29 is 9.21 Å². The fourth-order valence-electron chi connectivity index (χ4n) is 1.59. The van der Waals surface area contributed by atoms with Crippen LogP contribution in [0.1, 0.15) is 33.7 Å². The molecule has 0 aliphatic carbocycles. The molecule has 0 spiro atoms. The summed E-state index contributed by atoms with van der Waals surface area (Å²) >= 11 is 1.59. The third kappa shape index (κ3) is 2.68. The average Bonchev–Trinajstić information content (AvgIpc) is 2.95. The van der Waals surface area contributed by atoms with E-state index >= 15 is 0 Å². The molecule has 2 rings (SSSR count). The van der Waals surface area contributed by atoms with Crippen LogP contribution in [-0.4, -0.2) is 11.6 Å². The highest BCUT2D eigenvalue weighted by atomic mass is 32.1. The molecule has 0 aromatic carbocycles. The Morgan fingerprint density at radius 3 is 2.78 bits per heavy atom. The van der Waals surface area contributed by atoms with Crippen LogP contribution < -0.4 is 5.43 Å². The molecule has 0 saturated heterocycles. The predicted octanol–water partition coefficient (Wildman–Crippen LogP) is 3.11. The van der Waals surface area contributed by atoms with Gasteiger partial charge in [0.1, 0.15) is 11.5 Å². The largest absolute Gasteiger partial charge is 0.466 e. The first-order chi connectivity index (χ1) is 8.58. The van der Waals surface area contributed by atoms with Gasteiger partial charge in [0, 0.05) is 4.88 Å². The van der Waals surface area contributed by atoms with Crippen LogP contribution >= 0.6 is 11.3 Å². The van der Waals surface area contributed by atoms with E-state index in [2.05, 4.69) is 10.5 Å². The van der Waals surface area contributed by atoms with E-state index in [1.807, 2.05) is 31.4 Å². The molecule has 2 aromatic rings. The number of hydrazone groups is 1. The molecule has 5 heteroatoms. The summed E-state index contributed by atoms with van der Waals surface area (Å²) in [5, 5.41) is 6.05. The predicted molar refractivity (Wildman–Crippen MR) is 72.2 cm³/mol. The maximum Gasteiger partial charge on any atom is 0.274 e. The monoisotopic (exact) mass is 262 g/mol. The van der Waals surface area contributed by atoms with Crippen LogP contribution in [0.3, 0.4) is 0 Å². The van der Waals surface area contributed by atoms with E-state index < -0.39 is 0 Å². The molecular formula is C13H14N2O2S. The molecule has 0 aliphatic heterocycles. The standard InChI is InChI=1S/C13H14N2O2S/c1-8-7-11(10(3)17-8)13(16)15-14-9(2)12-5-4-6-18-12/h4-7H,1-3H3,(H,15,16)/b14-9+. The molecular weight excluding hydrogens is 248 g/mol. The number of carbonyl (C=O) groups excluding carboxylic acids is 1. The van der Waals surface area contributed by atoms with Gasteiger partial charge in [-0.1, -0.05) is 6.07 Å². The van der Waals surface area contributed by atoms with Crippen LogP contribution in [0.2, 0.25) is 0 Å². The number of nitrogens with zero attached hydrogens (tertiary/aromatic N) is 1. The average molecular weight is 262 g/mol. The van der Waals surface area contributed by atoms with E-state index in [0.29, 0.717) is 11.3 Å². The van der Waals surface area contributed by atoms with Gasteiger partial charge in [0.15, 0.2) is 0 Å². The van der Waals surface area contributed by atoms with Crippen molar-refractivity contribution >= 4 is 23.0 Å². The fraction of sp³-hybridized carbons (Fsp3) is 0.231. The summed E-state index contributed by atoms with van der Waals surface area (Å²) in [6, 6.07) is 5.62. The summed E-state index contributed by atoms with van der Waals surface area (Å²) in [5.41, 5.74) is 3.85. The van der Waals surface area contributed by atoms with E-state index in [1.54, 1.807) is 24.3 Å². The third-order valence-electron chi connectivity index (χ3n) is 2.49. The van der Waals surface area contributed by atoms with Crippen LogP contribution in [0.4, 0.5) is 0 Å². The lowest BCUT2D eigenvalue weighted by molar-refractivity contribution is 0.0953. The smallest absolute Gasteiger partial charge is 0.274 e. The van der Waals surface area contributed by atoms with Crippen molar-refractivity contribution in [2.45, 2.75) is 20.8 Å². The number of furan rings is 1. The van der Waals surface area contributed by atoms with Crippen LogP contribution in [0.25, 0.3) is 0 Å². The second-order valence-electron chi connectivity index (χ2n) is 3.94.